The normalized spacial score (nSPS) is 24.1. The van der Waals surface area contributed by atoms with Crippen molar-refractivity contribution in [3.63, 3.8) is 0 Å². The largest absolute Gasteiger partial charge is 0.490 e. The van der Waals surface area contributed by atoms with Gasteiger partial charge in [0.25, 0.3) is 0 Å². The molecule has 1 aromatic heterocycles. The summed E-state index contributed by atoms with van der Waals surface area (Å²) in [6.45, 7) is 4.08. The molecule has 27 heavy (non-hydrogen) atoms. The number of nitrogens with one attached hydrogen (secondary N) is 1. The van der Waals surface area contributed by atoms with Crippen LogP contribution in [0, 0.1) is 5.41 Å². The molecular formula is C22H27N3O2. The summed E-state index contributed by atoms with van der Waals surface area (Å²) in [6.07, 6.45) is 5.31. The lowest BCUT2D eigenvalue weighted by Crippen LogP contribution is -2.62. The van der Waals surface area contributed by atoms with E-state index in [2.05, 4.69) is 39.5 Å². The zero-order valence-corrected chi connectivity index (χ0v) is 15.6. The summed E-state index contributed by atoms with van der Waals surface area (Å²) >= 11 is 0. The van der Waals surface area contributed by atoms with Gasteiger partial charge in [-0.25, -0.2) is 0 Å². The van der Waals surface area contributed by atoms with E-state index in [1.54, 1.807) is 0 Å². The number of pyridine rings is 1. The Hall–Kier alpha value is -1.95. The van der Waals surface area contributed by atoms with Gasteiger partial charge in [0.1, 0.15) is 5.75 Å². The van der Waals surface area contributed by atoms with Gasteiger partial charge in [-0.15, -0.1) is 0 Å². The van der Waals surface area contributed by atoms with Crippen LogP contribution in [0.2, 0.25) is 0 Å². The van der Waals surface area contributed by atoms with E-state index in [1.165, 1.54) is 5.56 Å². The lowest BCUT2D eigenvalue weighted by atomic mass is 9.63. The first-order valence-electron chi connectivity index (χ1n) is 10.0. The second-order valence-electron chi connectivity index (χ2n) is 8.33. The first-order valence-corrected chi connectivity index (χ1v) is 10.0. The van der Waals surface area contributed by atoms with E-state index in [0.717, 1.165) is 62.4 Å². The Bertz CT molecular complexity index is 798. The number of ether oxygens (including phenoxy) is 1. The van der Waals surface area contributed by atoms with Gasteiger partial charge in [-0.2, -0.15) is 0 Å². The van der Waals surface area contributed by atoms with Gasteiger partial charge in [-0.3, -0.25) is 9.88 Å². The Labute approximate surface area is 160 Å². The zero-order valence-electron chi connectivity index (χ0n) is 15.6. The van der Waals surface area contributed by atoms with Gasteiger partial charge in [-0.1, -0.05) is 30.3 Å². The van der Waals surface area contributed by atoms with E-state index in [1.807, 2.05) is 18.3 Å². The second-order valence-corrected chi connectivity index (χ2v) is 8.33. The van der Waals surface area contributed by atoms with Crippen molar-refractivity contribution in [3.8, 4) is 5.75 Å². The summed E-state index contributed by atoms with van der Waals surface area (Å²) in [5, 5.41) is 13.6. The summed E-state index contributed by atoms with van der Waals surface area (Å²) in [5.74, 6) is 0.920. The average molecular weight is 365 g/mol. The molecule has 3 heterocycles. The number of aliphatic hydroxyl groups is 1. The van der Waals surface area contributed by atoms with E-state index in [4.69, 9.17) is 4.74 Å². The molecule has 5 rings (SSSR count). The summed E-state index contributed by atoms with van der Waals surface area (Å²) < 4.78 is 6.40. The van der Waals surface area contributed by atoms with Crippen LogP contribution in [-0.2, 0) is 13.0 Å². The fourth-order valence-corrected chi connectivity index (χ4v) is 4.89. The molecule has 2 N–H and O–H groups in total. The average Bonchev–Trinajstić information content (AvgIpc) is 2.63. The minimum Gasteiger partial charge on any atom is -0.490 e. The van der Waals surface area contributed by atoms with Crippen molar-refractivity contribution >= 4 is 0 Å². The fraction of sp³-hybridized carbons (Fsp3) is 0.500. The Morgan fingerprint density at radius 2 is 2.00 bits per heavy atom. The van der Waals surface area contributed by atoms with Crippen LogP contribution in [0.25, 0.3) is 0 Å². The molecule has 1 atom stereocenters. The molecule has 0 bridgehead atoms. The number of aromatic nitrogens is 1. The highest BCUT2D eigenvalue weighted by atomic mass is 16.5. The van der Waals surface area contributed by atoms with E-state index in [0.29, 0.717) is 11.5 Å². The number of aliphatic hydroxyl groups excluding tert-OH is 1. The van der Waals surface area contributed by atoms with Crippen LogP contribution in [-0.4, -0.2) is 47.3 Å². The molecule has 3 aliphatic rings. The molecule has 2 aromatic rings. The monoisotopic (exact) mass is 365 g/mol. The van der Waals surface area contributed by atoms with Gasteiger partial charge in [0.2, 0.25) is 0 Å². The predicted molar refractivity (Wildman–Crippen MR) is 104 cm³/mol. The Morgan fingerprint density at radius 3 is 2.70 bits per heavy atom. The van der Waals surface area contributed by atoms with Gasteiger partial charge in [0, 0.05) is 49.8 Å². The summed E-state index contributed by atoms with van der Waals surface area (Å²) in [7, 11) is 0. The highest BCUT2D eigenvalue weighted by molar-refractivity contribution is 5.41. The topological polar surface area (TPSA) is 57.6 Å². The van der Waals surface area contributed by atoms with Gasteiger partial charge in [0.05, 0.1) is 24.4 Å². The molecule has 1 spiro atoms. The summed E-state index contributed by atoms with van der Waals surface area (Å²) in [6, 6.07) is 12.4. The molecule has 142 valence electrons. The van der Waals surface area contributed by atoms with Gasteiger partial charge in [-0.05, 0) is 24.5 Å². The standard InChI is InChI=1S/C22H27N3O2/c26-13-19-21-18(7-9-25(19)12-16-4-2-1-3-5-16)24-8-6-20(21)27-17-10-22(11-17)14-23-15-22/h1-6,8,17,19,23,26H,7,9-15H2. The number of fused-ring (bicyclic) bond motifs is 1. The third-order valence-corrected chi connectivity index (χ3v) is 6.46. The van der Waals surface area contributed by atoms with Gasteiger partial charge < -0.3 is 15.2 Å². The Morgan fingerprint density at radius 1 is 1.19 bits per heavy atom. The molecule has 0 amide bonds. The molecule has 2 aliphatic heterocycles. The van der Waals surface area contributed by atoms with Crippen LogP contribution >= 0.6 is 0 Å². The van der Waals surface area contributed by atoms with Gasteiger partial charge >= 0.3 is 0 Å². The summed E-state index contributed by atoms with van der Waals surface area (Å²) in [4.78, 5) is 6.95. The van der Waals surface area contributed by atoms with Crippen molar-refractivity contribution in [1.29, 1.82) is 0 Å². The number of hydrogen-bond donors (Lipinski definition) is 2. The maximum atomic E-state index is 10.2. The highest BCUT2D eigenvalue weighted by Gasteiger charge is 2.50. The van der Waals surface area contributed by atoms with E-state index < -0.39 is 0 Å². The van der Waals surface area contributed by atoms with Crippen LogP contribution in [0.15, 0.2) is 42.6 Å². The molecule has 5 nitrogen and oxygen atoms in total. The van der Waals surface area contributed by atoms with Crippen LogP contribution in [0.3, 0.4) is 0 Å². The van der Waals surface area contributed by atoms with Crippen molar-refractivity contribution in [1.82, 2.24) is 15.2 Å². The first kappa shape index (κ1) is 17.2. The Balaban J connectivity index is 1.37. The van der Waals surface area contributed by atoms with Crippen LogP contribution in [0.4, 0.5) is 0 Å². The van der Waals surface area contributed by atoms with Gasteiger partial charge in [0.15, 0.2) is 0 Å². The predicted octanol–water partition coefficient (Wildman–Crippen LogP) is 2.30. The molecule has 1 aromatic carbocycles. The maximum absolute atomic E-state index is 10.2. The van der Waals surface area contributed by atoms with E-state index in [-0.39, 0.29) is 12.6 Å². The smallest absolute Gasteiger partial charge is 0.127 e. The van der Waals surface area contributed by atoms with Crippen molar-refractivity contribution in [2.75, 3.05) is 26.2 Å². The van der Waals surface area contributed by atoms with Crippen molar-refractivity contribution < 1.29 is 9.84 Å². The minimum absolute atomic E-state index is 0.0583. The van der Waals surface area contributed by atoms with Crippen molar-refractivity contribution in [2.45, 2.75) is 38.0 Å². The van der Waals surface area contributed by atoms with Crippen molar-refractivity contribution in [3.05, 3.63) is 59.4 Å². The summed E-state index contributed by atoms with van der Waals surface area (Å²) in [5.41, 5.74) is 3.93. The highest BCUT2D eigenvalue weighted by Crippen LogP contribution is 2.47. The SMILES string of the molecule is OCC1c2c(OC3CC4(CNC4)C3)ccnc2CCN1Cc1ccccc1. The lowest BCUT2D eigenvalue weighted by Gasteiger charge is -2.54. The molecule has 1 unspecified atom stereocenters. The maximum Gasteiger partial charge on any atom is 0.127 e. The van der Waals surface area contributed by atoms with Crippen LogP contribution < -0.4 is 10.1 Å². The molecule has 1 saturated heterocycles. The second kappa shape index (κ2) is 6.89. The van der Waals surface area contributed by atoms with E-state index in [9.17, 15) is 5.11 Å². The lowest BCUT2D eigenvalue weighted by molar-refractivity contribution is -0.0508. The Kier molecular flexibility index (Phi) is 4.38. The molecule has 2 fully saturated rings. The number of nitrogens with zero attached hydrogens (tertiary/aromatic N) is 2. The number of benzene rings is 1. The fourth-order valence-electron chi connectivity index (χ4n) is 4.89. The van der Waals surface area contributed by atoms with E-state index >= 15 is 0 Å². The zero-order chi connectivity index (χ0) is 18.3. The van der Waals surface area contributed by atoms with Crippen LogP contribution in [0.5, 0.6) is 5.75 Å². The minimum atomic E-state index is -0.0583. The first-order chi connectivity index (χ1) is 13.3. The molecular weight excluding hydrogens is 338 g/mol. The van der Waals surface area contributed by atoms with Crippen molar-refractivity contribution in [2.24, 2.45) is 5.41 Å². The molecule has 5 heteroatoms. The molecule has 0 radical (unpaired) electrons. The number of rotatable bonds is 5. The molecule has 1 aliphatic carbocycles. The van der Waals surface area contributed by atoms with Crippen LogP contribution in [0.1, 0.15) is 35.7 Å². The molecule has 1 saturated carbocycles. The number of hydrogen-bond acceptors (Lipinski definition) is 5. The third kappa shape index (κ3) is 3.14. The third-order valence-electron chi connectivity index (χ3n) is 6.46. The quantitative estimate of drug-likeness (QED) is 0.852.